The van der Waals surface area contributed by atoms with Crippen LogP contribution in [0.25, 0.3) is 0 Å². The van der Waals surface area contributed by atoms with Gasteiger partial charge in [0.25, 0.3) is 5.91 Å². The molecule has 2 unspecified atom stereocenters. The van der Waals surface area contributed by atoms with Crippen molar-refractivity contribution in [2.24, 2.45) is 0 Å². The number of halogens is 1. The van der Waals surface area contributed by atoms with Gasteiger partial charge < -0.3 is 19.7 Å². The van der Waals surface area contributed by atoms with E-state index in [-0.39, 0.29) is 12.7 Å². The van der Waals surface area contributed by atoms with Crippen LogP contribution in [0.4, 0.5) is 0 Å². The van der Waals surface area contributed by atoms with E-state index < -0.39 is 0 Å². The number of fused-ring (bicyclic) bond motifs is 3. The molecule has 0 spiro atoms. The van der Waals surface area contributed by atoms with Crippen LogP contribution in [0.15, 0.2) is 16.6 Å². The average Bonchev–Trinajstić information content (AvgIpc) is 3.12. The van der Waals surface area contributed by atoms with Crippen molar-refractivity contribution in [1.82, 2.24) is 10.2 Å². The van der Waals surface area contributed by atoms with Crippen LogP contribution in [0.5, 0.6) is 11.5 Å². The minimum atomic E-state index is 0.0466. The standard InChI is InChI=1S/C16H19BrN2O3/c1-19(12-6-10-2-3-11(7-12)18-10)16(20)9-4-13(17)15-14(5-9)21-8-22-15/h4-5,10-12,18H,2-3,6-8H2,1H3. The van der Waals surface area contributed by atoms with Gasteiger partial charge in [-0.1, -0.05) is 0 Å². The first-order valence-corrected chi connectivity index (χ1v) is 8.53. The molecule has 0 aromatic heterocycles. The largest absolute Gasteiger partial charge is 0.454 e. The Kier molecular flexibility index (Phi) is 3.53. The quantitative estimate of drug-likeness (QED) is 0.873. The molecule has 1 aromatic rings. The minimum Gasteiger partial charge on any atom is -0.454 e. The number of carbonyl (C=O) groups is 1. The van der Waals surface area contributed by atoms with Gasteiger partial charge in [0.05, 0.1) is 4.47 Å². The Bertz CT molecular complexity index is 610. The molecule has 3 heterocycles. The second-order valence-corrected chi connectivity index (χ2v) is 7.23. The summed E-state index contributed by atoms with van der Waals surface area (Å²) in [6.07, 6.45) is 4.56. The number of amides is 1. The maximum absolute atomic E-state index is 12.8. The molecule has 1 amide bonds. The highest BCUT2D eigenvalue weighted by atomic mass is 79.9. The summed E-state index contributed by atoms with van der Waals surface area (Å²) in [6.45, 7) is 0.207. The van der Waals surface area contributed by atoms with Gasteiger partial charge in [-0.05, 0) is 53.7 Å². The summed E-state index contributed by atoms with van der Waals surface area (Å²) in [4.78, 5) is 14.7. The Morgan fingerprint density at radius 2 is 2.00 bits per heavy atom. The van der Waals surface area contributed by atoms with Gasteiger partial charge in [0.2, 0.25) is 6.79 Å². The van der Waals surface area contributed by atoms with E-state index in [4.69, 9.17) is 9.47 Å². The van der Waals surface area contributed by atoms with Gasteiger partial charge >= 0.3 is 0 Å². The third-order valence-electron chi connectivity index (χ3n) is 4.99. The van der Waals surface area contributed by atoms with E-state index in [0.29, 0.717) is 35.2 Å². The van der Waals surface area contributed by atoms with Crippen molar-refractivity contribution in [2.75, 3.05) is 13.8 Å². The lowest BCUT2D eigenvalue weighted by Gasteiger charge is -2.35. The second-order valence-electron chi connectivity index (χ2n) is 6.37. The second kappa shape index (κ2) is 5.42. The normalized spacial score (nSPS) is 28.7. The number of benzene rings is 1. The van der Waals surface area contributed by atoms with Crippen LogP contribution in [0.3, 0.4) is 0 Å². The summed E-state index contributed by atoms with van der Waals surface area (Å²) >= 11 is 3.45. The van der Waals surface area contributed by atoms with Crippen LogP contribution in [0.1, 0.15) is 36.0 Å². The van der Waals surface area contributed by atoms with Crippen molar-refractivity contribution >= 4 is 21.8 Å². The zero-order chi connectivity index (χ0) is 15.3. The first-order valence-electron chi connectivity index (χ1n) is 7.74. The Hall–Kier alpha value is -1.27. The van der Waals surface area contributed by atoms with E-state index in [1.807, 2.05) is 18.0 Å². The number of hydrogen-bond donors (Lipinski definition) is 1. The fraction of sp³-hybridized carbons (Fsp3) is 0.562. The lowest BCUT2D eigenvalue weighted by molar-refractivity contribution is 0.0681. The summed E-state index contributed by atoms with van der Waals surface area (Å²) in [5.41, 5.74) is 0.643. The average molecular weight is 367 g/mol. The van der Waals surface area contributed by atoms with Gasteiger partial charge in [0.1, 0.15) is 0 Å². The molecule has 118 valence electrons. The lowest BCUT2D eigenvalue weighted by atomic mass is 9.98. The molecule has 1 N–H and O–H groups in total. The number of hydrogen-bond acceptors (Lipinski definition) is 4. The van der Waals surface area contributed by atoms with Crippen LogP contribution in [0.2, 0.25) is 0 Å². The highest BCUT2D eigenvalue weighted by molar-refractivity contribution is 9.10. The zero-order valence-electron chi connectivity index (χ0n) is 12.5. The van der Waals surface area contributed by atoms with Crippen molar-refractivity contribution in [1.29, 1.82) is 0 Å². The van der Waals surface area contributed by atoms with Gasteiger partial charge in [-0.15, -0.1) is 0 Å². The van der Waals surface area contributed by atoms with E-state index >= 15 is 0 Å². The summed E-state index contributed by atoms with van der Waals surface area (Å²) in [5.74, 6) is 1.36. The Morgan fingerprint density at radius 1 is 1.27 bits per heavy atom. The van der Waals surface area contributed by atoms with Crippen molar-refractivity contribution < 1.29 is 14.3 Å². The van der Waals surface area contributed by atoms with Crippen LogP contribution >= 0.6 is 15.9 Å². The molecular formula is C16H19BrN2O3. The smallest absolute Gasteiger partial charge is 0.254 e. The Labute approximate surface area is 138 Å². The van der Waals surface area contributed by atoms with E-state index in [1.165, 1.54) is 12.8 Å². The van der Waals surface area contributed by atoms with Crippen molar-refractivity contribution in [2.45, 2.75) is 43.8 Å². The molecule has 5 nitrogen and oxygen atoms in total. The molecule has 22 heavy (non-hydrogen) atoms. The number of ether oxygens (including phenoxy) is 2. The molecule has 6 heteroatoms. The molecule has 0 saturated carbocycles. The third-order valence-corrected chi connectivity index (χ3v) is 5.58. The van der Waals surface area contributed by atoms with Crippen LogP contribution in [-0.4, -0.2) is 42.8 Å². The molecule has 2 atom stereocenters. The molecular weight excluding hydrogens is 348 g/mol. The Balaban J connectivity index is 1.55. The maximum Gasteiger partial charge on any atom is 0.254 e. The zero-order valence-corrected chi connectivity index (χ0v) is 14.1. The van der Waals surface area contributed by atoms with Crippen LogP contribution < -0.4 is 14.8 Å². The SMILES string of the molecule is CN(C(=O)c1cc(Br)c2c(c1)OCO2)C1CC2CCC(C1)N2. The summed E-state index contributed by atoms with van der Waals surface area (Å²) in [7, 11) is 1.91. The van der Waals surface area contributed by atoms with Crippen molar-refractivity contribution in [3.05, 3.63) is 22.2 Å². The topological polar surface area (TPSA) is 50.8 Å². The van der Waals surface area contributed by atoms with Gasteiger partial charge in [0, 0.05) is 30.7 Å². The van der Waals surface area contributed by atoms with E-state index in [9.17, 15) is 4.79 Å². The fourth-order valence-electron chi connectivity index (χ4n) is 3.80. The van der Waals surface area contributed by atoms with E-state index in [0.717, 1.165) is 17.3 Å². The molecule has 3 aliphatic heterocycles. The molecule has 1 aromatic carbocycles. The summed E-state index contributed by atoms with van der Waals surface area (Å²) in [6, 6.07) is 5.06. The van der Waals surface area contributed by atoms with Crippen molar-refractivity contribution in [3.8, 4) is 11.5 Å². The number of piperidine rings is 1. The van der Waals surface area contributed by atoms with Gasteiger partial charge in [0.15, 0.2) is 11.5 Å². The van der Waals surface area contributed by atoms with Crippen LogP contribution in [0, 0.1) is 0 Å². The first-order chi connectivity index (χ1) is 10.6. The molecule has 0 aliphatic carbocycles. The highest BCUT2D eigenvalue weighted by Crippen LogP contribution is 2.40. The monoisotopic (exact) mass is 366 g/mol. The molecule has 2 fully saturated rings. The molecule has 0 radical (unpaired) electrons. The fourth-order valence-corrected chi connectivity index (χ4v) is 4.36. The first kappa shape index (κ1) is 14.3. The van der Waals surface area contributed by atoms with E-state index in [2.05, 4.69) is 21.2 Å². The molecule has 4 rings (SSSR count). The number of rotatable bonds is 2. The summed E-state index contributed by atoms with van der Waals surface area (Å²) < 4.78 is 11.5. The Morgan fingerprint density at radius 3 is 2.73 bits per heavy atom. The highest BCUT2D eigenvalue weighted by Gasteiger charge is 2.36. The summed E-state index contributed by atoms with van der Waals surface area (Å²) in [5, 5.41) is 3.61. The number of nitrogens with one attached hydrogen (secondary N) is 1. The third kappa shape index (κ3) is 2.38. The molecule has 2 saturated heterocycles. The predicted molar refractivity (Wildman–Crippen MR) is 85.3 cm³/mol. The van der Waals surface area contributed by atoms with Gasteiger partial charge in [-0.3, -0.25) is 4.79 Å². The van der Waals surface area contributed by atoms with Crippen LogP contribution in [-0.2, 0) is 0 Å². The van der Waals surface area contributed by atoms with Gasteiger partial charge in [-0.25, -0.2) is 0 Å². The van der Waals surface area contributed by atoms with Crippen molar-refractivity contribution in [3.63, 3.8) is 0 Å². The maximum atomic E-state index is 12.8. The van der Waals surface area contributed by atoms with Gasteiger partial charge in [-0.2, -0.15) is 0 Å². The number of carbonyl (C=O) groups excluding carboxylic acids is 1. The van der Waals surface area contributed by atoms with E-state index in [1.54, 1.807) is 6.07 Å². The molecule has 3 aliphatic rings. The molecule has 2 bridgehead atoms. The lowest BCUT2D eigenvalue weighted by Crippen LogP contribution is -2.48. The minimum absolute atomic E-state index is 0.0466. The predicted octanol–water partition coefficient (Wildman–Crippen LogP) is 2.53. The number of nitrogens with zero attached hydrogens (tertiary/aromatic N) is 1.